The highest BCUT2D eigenvalue weighted by Gasteiger charge is 2.20. The number of rotatable bonds is 8. The fourth-order valence-corrected chi connectivity index (χ4v) is 3.25. The first-order valence-corrected chi connectivity index (χ1v) is 8.56. The van der Waals surface area contributed by atoms with E-state index in [0.717, 1.165) is 31.1 Å². The van der Waals surface area contributed by atoms with E-state index in [1.165, 1.54) is 11.3 Å². The van der Waals surface area contributed by atoms with Crippen LogP contribution in [0.2, 0.25) is 0 Å². The summed E-state index contributed by atoms with van der Waals surface area (Å²) in [5.41, 5.74) is 5.90. The average molecular weight is 312 g/mol. The number of hydrogen-bond donors (Lipinski definition) is 2. The third-order valence-corrected chi connectivity index (χ3v) is 4.84. The molecule has 1 rings (SSSR count). The van der Waals surface area contributed by atoms with Gasteiger partial charge in [0.1, 0.15) is 10.7 Å². The second kappa shape index (κ2) is 8.22. The van der Waals surface area contributed by atoms with Crippen molar-refractivity contribution in [1.29, 1.82) is 0 Å². The molecule has 0 saturated carbocycles. The maximum absolute atomic E-state index is 12.3. The quantitative estimate of drug-likeness (QED) is 0.773. The molecule has 0 radical (unpaired) electrons. The van der Waals surface area contributed by atoms with Crippen LogP contribution in [0.5, 0.6) is 0 Å². The number of carbonyl (C=O) groups is 1. The van der Waals surface area contributed by atoms with E-state index >= 15 is 0 Å². The second-order valence-electron chi connectivity index (χ2n) is 5.51. The first kappa shape index (κ1) is 17.8. The van der Waals surface area contributed by atoms with Crippen LogP contribution in [0.25, 0.3) is 0 Å². The van der Waals surface area contributed by atoms with Gasteiger partial charge in [-0.2, -0.15) is 0 Å². The molecule has 3 N–H and O–H groups in total. The van der Waals surface area contributed by atoms with Crippen LogP contribution in [-0.2, 0) is 0 Å². The van der Waals surface area contributed by atoms with Crippen LogP contribution in [0, 0.1) is 5.92 Å². The van der Waals surface area contributed by atoms with E-state index in [1.807, 2.05) is 6.92 Å². The number of amides is 1. The van der Waals surface area contributed by atoms with Crippen molar-refractivity contribution < 1.29 is 4.79 Å². The van der Waals surface area contributed by atoms with Gasteiger partial charge in [0.25, 0.3) is 5.91 Å². The van der Waals surface area contributed by atoms with E-state index in [1.54, 1.807) is 0 Å². The Balaban J connectivity index is 2.74. The third kappa shape index (κ3) is 4.88. The first-order valence-electron chi connectivity index (χ1n) is 7.74. The Morgan fingerprint density at radius 1 is 1.33 bits per heavy atom. The first-order chi connectivity index (χ1) is 9.92. The number of nitrogens with one attached hydrogen (secondary N) is 1. The van der Waals surface area contributed by atoms with Crippen LogP contribution < -0.4 is 16.0 Å². The van der Waals surface area contributed by atoms with Crippen LogP contribution in [0.15, 0.2) is 0 Å². The Morgan fingerprint density at radius 2 is 1.95 bits per heavy atom. The normalized spacial score (nSPS) is 13.8. The van der Waals surface area contributed by atoms with Crippen molar-refractivity contribution in [3.05, 3.63) is 4.88 Å². The summed E-state index contributed by atoms with van der Waals surface area (Å²) in [6, 6.07) is 0.144. The Morgan fingerprint density at radius 3 is 2.48 bits per heavy atom. The molecule has 0 aliphatic carbocycles. The SMILES string of the molecule is CCC(C)CC(C)NC(=O)c1sc(N(CC)CC)nc1N. The summed E-state index contributed by atoms with van der Waals surface area (Å²) < 4.78 is 0. The van der Waals surface area contributed by atoms with Gasteiger partial charge in [-0.25, -0.2) is 4.98 Å². The lowest BCUT2D eigenvalue weighted by atomic mass is 10.0. The lowest BCUT2D eigenvalue weighted by Crippen LogP contribution is -2.33. The lowest BCUT2D eigenvalue weighted by Gasteiger charge is -2.17. The van der Waals surface area contributed by atoms with E-state index in [9.17, 15) is 4.79 Å². The monoisotopic (exact) mass is 312 g/mol. The summed E-state index contributed by atoms with van der Waals surface area (Å²) in [6.07, 6.45) is 2.10. The summed E-state index contributed by atoms with van der Waals surface area (Å²) in [7, 11) is 0. The number of carbonyl (C=O) groups excluding carboxylic acids is 1. The summed E-state index contributed by atoms with van der Waals surface area (Å²) >= 11 is 1.37. The van der Waals surface area contributed by atoms with E-state index in [0.29, 0.717) is 16.6 Å². The zero-order valence-corrected chi connectivity index (χ0v) is 14.6. The van der Waals surface area contributed by atoms with E-state index in [-0.39, 0.29) is 11.9 Å². The topological polar surface area (TPSA) is 71.2 Å². The van der Waals surface area contributed by atoms with E-state index < -0.39 is 0 Å². The molecule has 0 saturated heterocycles. The fourth-order valence-electron chi connectivity index (χ4n) is 2.23. The van der Waals surface area contributed by atoms with Crippen molar-refractivity contribution in [3.63, 3.8) is 0 Å². The number of nitrogens with zero attached hydrogens (tertiary/aromatic N) is 2. The Labute approximate surface area is 131 Å². The Hall–Kier alpha value is -1.30. The van der Waals surface area contributed by atoms with Crippen LogP contribution in [0.3, 0.4) is 0 Å². The van der Waals surface area contributed by atoms with Crippen LogP contribution in [0.4, 0.5) is 10.9 Å². The minimum atomic E-state index is -0.112. The zero-order valence-electron chi connectivity index (χ0n) is 13.8. The van der Waals surface area contributed by atoms with Crippen molar-refractivity contribution in [3.8, 4) is 0 Å². The molecule has 0 aliphatic heterocycles. The highest BCUT2D eigenvalue weighted by atomic mass is 32.1. The number of hydrogen-bond acceptors (Lipinski definition) is 5. The zero-order chi connectivity index (χ0) is 16.0. The molecule has 5 nitrogen and oxygen atoms in total. The standard InChI is InChI=1S/C15H28N4OS/c1-6-10(4)9-11(5)17-14(20)12-13(16)18-15(21-12)19(7-2)8-3/h10-11H,6-9,16H2,1-5H3,(H,17,20). The van der Waals surface area contributed by atoms with Gasteiger partial charge < -0.3 is 16.0 Å². The third-order valence-electron chi connectivity index (χ3n) is 3.71. The van der Waals surface area contributed by atoms with Gasteiger partial charge in [-0.3, -0.25) is 4.79 Å². The van der Waals surface area contributed by atoms with Gasteiger partial charge in [0.2, 0.25) is 0 Å². The van der Waals surface area contributed by atoms with Gasteiger partial charge in [0.15, 0.2) is 5.13 Å². The molecule has 1 amide bonds. The molecule has 2 atom stereocenters. The summed E-state index contributed by atoms with van der Waals surface area (Å²) in [5.74, 6) is 0.819. The van der Waals surface area contributed by atoms with E-state index in [4.69, 9.17) is 5.73 Å². The Kier molecular flexibility index (Phi) is 6.95. The van der Waals surface area contributed by atoms with E-state index in [2.05, 4.69) is 42.9 Å². The van der Waals surface area contributed by atoms with Gasteiger partial charge >= 0.3 is 0 Å². The predicted molar refractivity (Wildman–Crippen MR) is 91.1 cm³/mol. The molecule has 1 heterocycles. The van der Waals surface area contributed by atoms with Crippen molar-refractivity contribution in [1.82, 2.24) is 10.3 Å². The molecule has 1 aromatic heterocycles. The lowest BCUT2D eigenvalue weighted by molar-refractivity contribution is 0.0940. The van der Waals surface area contributed by atoms with Crippen LogP contribution >= 0.6 is 11.3 Å². The minimum absolute atomic E-state index is 0.112. The second-order valence-corrected chi connectivity index (χ2v) is 6.48. The summed E-state index contributed by atoms with van der Waals surface area (Å²) in [6.45, 7) is 12.2. The molecule has 0 aliphatic rings. The molecule has 1 aromatic rings. The number of nitrogen functional groups attached to an aromatic ring is 1. The predicted octanol–water partition coefficient (Wildman–Crippen LogP) is 3.13. The maximum Gasteiger partial charge on any atom is 0.265 e. The smallest absolute Gasteiger partial charge is 0.265 e. The summed E-state index contributed by atoms with van der Waals surface area (Å²) in [4.78, 5) is 19.3. The molecule has 0 spiro atoms. The van der Waals surface area contributed by atoms with Crippen molar-refractivity contribution in [2.24, 2.45) is 5.92 Å². The van der Waals surface area contributed by atoms with Gasteiger partial charge in [-0.1, -0.05) is 31.6 Å². The van der Waals surface area contributed by atoms with Gasteiger partial charge in [0.05, 0.1) is 0 Å². The number of aromatic nitrogens is 1. The molecule has 21 heavy (non-hydrogen) atoms. The molecule has 0 fully saturated rings. The highest BCUT2D eigenvalue weighted by molar-refractivity contribution is 7.18. The molecule has 120 valence electrons. The molecule has 2 unspecified atom stereocenters. The fraction of sp³-hybridized carbons (Fsp3) is 0.733. The molecular formula is C15H28N4OS. The van der Waals surface area contributed by atoms with Gasteiger partial charge in [0, 0.05) is 19.1 Å². The van der Waals surface area contributed by atoms with Crippen LogP contribution in [-0.4, -0.2) is 30.0 Å². The van der Waals surface area contributed by atoms with Gasteiger partial charge in [-0.15, -0.1) is 0 Å². The molecule has 0 aromatic carbocycles. The van der Waals surface area contributed by atoms with Crippen molar-refractivity contribution >= 4 is 28.2 Å². The van der Waals surface area contributed by atoms with Gasteiger partial charge in [-0.05, 0) is 33.1 Å². The maximum atomic E-state index is 12.3. The molecule has 6 heteroatoms. The molecular weight excluding hydrogens is 284 g/mol. The minimum Gasteiger partial charge on any atom is -0.382 e. The van der Waals surface area contributed by atoms with Crippen LogP contribution in [0.1, 0.15) is 57.1 Å². The summed E-state index contributed by atoms with van der Waals surface area (Å²) in [5, 5.41) is 3.84. The van der Waals surface area contributed by atoms with Crippen molar-refractivity contribution in [2.45, 2.75) is 53.5 Å². The molecule has 0 bridgehead atoms. The van der Waals surface area contributed by atoms with Crippen molar-refractivity contribution in [2.75, 3.05) is 23.7 Å². The average Bonchev–Trinajstić information content (AvgIpc) is 2.81. The number of nitrogens with two attached hydrogens (primary N) is 1. The number of thiazole rings is 1. The number of anilines is 2. The largest absolute Gasteiger partial charge is 0.382 e. The highest BCUT2D eigenvalue weighted by Crippen LogP contribution is 2.28. The Bertz CT molecular complexity index is 457.